The van der Waals surface area contributed by atoms with Crippen LogP contribution < -0.4 is 0 Å². The van der Waals surface area contributed by atoms with Crippen molar-refractivity contribution < 1.29 is 0 Å². The fourth-order valence-corrected chi connectivity index (χ4v) is 1.32. The molecular weight excluding hydrogens is 226 g/mol. The van der Waals surface area contributed by atoms with Crippen molar-refractivity contribution >= 4 is 29.5 Å². The van der Waals surface area contributed by atoms with Gasteiger partial charge in [-0.05, 0) is 23.3 Å². The Hall–Kier alpha value is -2.02. The minimum atomic E-state index is 1.23. The highest BCUT2D eigenvalue weighted by Crippen LogP contribution is 2.06. The molecule has 0 atom stereocenters. The first-order valence-corrected chi connectivity index (χ1v) is 5.59. The molecule has 1 N–H and O–H groups in total. The Labute approximate surface area is 107 Å². The summed E-state index contributed by atoms with van der Waals surface area (Å²) in [4.78, 5) is 0. The average molecular weight is 239 g/mol. The molecule has 0 aliphatic heterocycles. The van der Waals surface area contributed by atoms with Gasteiger partial charge in [0.05, 0.1) is 5.16 Å². The van der Waals surface area contributed by atoms with E-state index in [-0.39, 0.29) is 0 Å². The fourth-order valence-electron chi connectivity index (χ4n) is 1.32. The molecule has 0 aliphatic carbocycles. The fraction of sp³-hybridized carbons (Fsp3) is 0. The van der Waals surface area contributed by atoms with Gasteiger partial charge < -0.3 is 0 Å². The van der Waals surface area contributed by atoms with E-state index in [0.717, 1.165) is 0 Å². The summed E-state index contributed by atoms with van der Waals surface area (Å²) in [7, 11) is 0. The number of hydrogen-bond acceptors (Lipinski definition) is 2. The number of thiocarbonyl (C=S) groups is 1. The lowest BCUT2D eigenvalue weighted by atomic mass is 10.1. The molecule has 17 heavy (non-hydrogen) atoms. The lowest BCUT2D eigenvalue weighted by Gasteiger charge is -1.92. The minimum absolute atomic E-state index is 1.23. The molecule has 0 spiro atoms. The monoisotopic (exact) mass is 239 g/mol. The maximum Gasteiger partial charge on any atom is 0.0554 e. The molecule has 2 rings (SSSR count). The van der Waals surface area contributed by atoms with E-state index in [4.69, 9.17) is 5.41 Å². The first-order chi connectivity index (χ1) is 8.36. The third kappa shape index (κ3) is 5.57. The topological polar surface area (TPSA) is 23.9 Å². The van der Waals surface area contributed by atoms with Crippen molar-refractivity contribution in [3.05, 3.63) is 71.8 Å². The molecule has 0 amide bonds. The summed E-state index contributed by atoms with van der Waals surface area (Å²) in [5.41, 5.74) is 2.47. The van der Waals surface area contributed by atoms with Crippen molar-refractivity contribution in [3.63, 3.8) is 0 Å². The van der Waals surface area contributed by atoms with Crippen LogP contribution in [0.1, 0.15) is 11.1 Å². The zero-order chi connectivity index (χ0) is 12.3. The number of benzene rings is 2. The van der Waals surface area contributed by atoms with Gasteiger partial charge in [0.2, 0.25) is 0 Å². The zero-order valence-corrected chi connectivity index (χ0v) is 10.2. The molecule has 0 saturated heterocycles. The largest absolute Gasteiger partial charge is 0.248 e. The van der Waals surface area contributed by atoms with E-state index >= 15 is 0 Å². The summed E-state index contributed by atoms with van der Waals surface area (Å²) in [5.74, 6) is 0. The molecule has 0 heterocycles. The van der Waals surface area contributed by atoms with Crippen molar-refractivity contribution in [2.75, 3.05) is 0 Å². The molecule has 2 aromatic carbocycles. The molecular formula is C15H13NS. The Morgan fingerprint density at radius 2 is 1.06 bits per heavy atom. The van der Waals surface area contributed by atoms with Crippen LogP contribution in [-0.4, -0.2) is 5.16 Å². The number of nitrogens with one attached hydrogen (secondary N) is 1. The van der Waals surface area contributed by atoms with Gasteiger partial charge in [0.25, 0.3) is 0 Å². The molecule has 0 radical (unpaired) electrons. The van der Waals surface area contributed by atoms with Gasteiger partial charge in [-0.3, -0.25) is 0 Å². The van der Waals surface area contributed by atoms with Gasteiger partial charge >= 0.3 is 0 Å². The Balaban J connectivity index is 0.000000437. The first kappa shape index (κ1) is 13.0. The van der Waals surface area contributed by atoms with E-state index < -0.39 is 0 Å². The van der Waals surface area contributed by atoms with E-state index in [1.165, 1.54) is 11.1 Å². The van der Waals surface area contributed by atoms with E-state index in [2.05, 4.69) is 48.6 Å². The second kappa shape index (κ2) is 8.17. The van der Waals surface area contributed by atoms with Crippen LogP contribution in [0, 0.1) is 5.41 Å². The third-order valence-corrected chi connectivity index (χ3v) is 2.07. The van der Waals surface area contributed by atoms with Crippen LogP contribution in [0.5, 0.6) is 0 Å². The van der Waals surface area contributed by atoms with Gasteiger partial charge in [-0.1, -0.05) is 72.8 Å². The molecule has 0 saturated carbocycles. The highest BCUT2D eigenvalue weighted by atomic mass is 32.1. The van der Waals surface area contributed by atoms with Gasteiger partial charge in [-0.15, -0.1) is 0 Å². The quantitative estimate of drug-likeness (QED) is 0.465. The van der Waals surface area contributed by atoms with Crippen molar-refractivity contribution in [3.8, 4) is 0 Å². The normalized spacial score (nSPS) is 9.18. The number of hydrogen-bond donors (Lipinski definition) is 1. The molecule has 2 heteroatoms. The maximum atomic E-state index is 5.77. The zero-order valence-electron chi connectivity index (χ0n) is 9.34. The second-order valence-corrected chi connectivity index (χ2v) is 3.46. The highest BCUT2D eigenvalue weighted by molar-refractivity contribution is 7.78. The molecule has 0 aromatic heterocycles. The number of isothiocyanates is 1. The van der Waals surface area contributed by atoms with Crippen molar-refractivity contribution in [1.29, 1.82) is 5.41 Å². The Morgan fingerprint density at radius 3 is 1.35 bits per heavy atom. The molecule has 0 unspecified atom stereocenters. The SMILES string of the molecule is C(=Cc1ccccc1)c1ccccc1.N=C=S. The average Bonchev–Trinajstić information content (AvgIpc) is 2.40. The lowest BCUT2D eigenvalue weighted by molar-refractivity contribution is 1.61. The summed E-state index contributed by atoms with van der Waals surface area (Å²) in [6, 6.07) is 20.6. The predicted octanol–water partition coefficient (Wildman–Crippen LogP) is 4.52. The third-order valence-electron chi connectivity index (χ3n) is 2.07. The van der Waals surface area contributed by atoms with Gasteiger partial charge in [-0.2, -0.15) is 0 Å². The Morgan fingerprint density at radius 1 is 0.765 bits per heavy atom. The molecule has 84 valence electrons. The van der Waals surface area contributed by atoms with Crippen LogP contribution in [0.15, 0.2) is 60.7 Å². The van der Waals surface area contributed by atoms with E-state index in [9.17, 15) is 0 Å². The maximum absolute atomic E-state index is 5.77. The van der Waals surface area contributed by atoms with Crippen molar-refractivity contribution in [2.24, 2.45) is 0 Å². The molecule has 1 nitrogen and oxygen atoms in total. The van der Waals surface area contributed by atoms with E-state index in [1.807, 2.05) is 36.4 Å². The molecule has 0 bridgehead atoms. The summed E-state index contributed by atoms with van der Waals surface area (Å²) < 4.78 is 0. The van der Waals surface area contributed by atoms with Crippen molar-refractivity contribution in [2.45, 2.75) is 0 Å². The van der Waals surface area contributed by atoms with Gasteiger partial charge in [0.1, 0.15) is 0 Å². The van der Waals surface area contributed by atoms with Crippen LogP contribution in [0.2, 0.25) is 0 Å². The minimum Gasteiger partial charge on any atom is -0.248 e. The summed E-state index contributed by atoms with van der Waals surface area (Å²) in [6.07, 6.45) is 4.24. The predicted molar refractivity (Wildman–Crippen MR) is 77.1 cm³/mol. The van der Waals surface area contributed by atoms with Crippen molar-refractivity contribution in [1.82, 2.24) is 0 Å². The Kier molecular flexibility index (Phi) is 6.27. The van der Waals surface area contributed by atoms with E-state index in [0.29, 0.717) is 0 Å². The first-order valence-electron chi connectivity index (χ1n) is 5.19. The molecule has 2 aromatic rings. The standard InChI is InChI=1S/C14H12.CHNS/c1-3-7-13(8-4-1)11-12-14-9-5-2-6-10-14;2-1-3/h1-12H;2H. The van der Waals surface area contributed by atoms with Crippen LogP contribution >= 0.6 is 12.2 Å². The molecule has 0 aliphatic rings. The second-order valence-electron chi connectivity index (χ2n) is 3.26. The smallest absolute Gasteiger partial charge is 0.0554 e. The number of rotatable bonds is 2. The van der Waals surface area contributed by atoms with Gasteiger partial charge in [-0.25, -0.2) is 5.41 Å². The van der Waals surface area contributed by atoms with Crippen LogP contribution in [0.25, 0.3) is 12.2 Å². The van der Waals surface area contributed by atoms with E-state index in [1.54, 1.807) is 5.16 Å². The van der Waals surface area contributed by atoms with Crippen LogP contribution in [0.3, 0.4) is 0 Å². The van der Waals surface area contributed by atoms with Crippen LogP contribution in [-0.2, 0) is 0 Å². The lowest BCUT2D eigenvalue weighted by Crippen LogP contribution is -1.70. The summed E-state index contributed by atoms with van der Waals surface area (Å²) in [5, 5.41) is 7.36. The summed E-state index contributed by atoms with van der Waals surface area (Å²) >= 11 is 3.81. The molecule has 0 fully saturated rings. The van der Waals surface area contributed by atoms with Gasteiger partial charge in [0.15, 0.2) is 0 Å². The summed E-state index contributed by atoms with van der Waals surface area (Å²) in [6.45, 7) is 0. The Bertz CT molecular complexity index is 441. The van der Waals surface area contributed by atoms with Crippen LogP contribution in [0.4, 0.5) is 0 Å². The highest BCUT2D eigenvalue weighted by Gasteiger charge is 1.84. The van der Waals surface area contributed by atoms with Gasteiger partial charge in [0, 0.05) is 0 Å².